The Bertz CT molecular complexity index is 129. The van der Waals surface area contributed by atoms with Crippen molar-refractivity contribution >= 4 is 17.2 Å². The lowest BCUT2D eigenvalue weighted by Gasteiger charge is -2.12. The quantitative estimate of drug-likeness (QED) is 0.485. The third-order valence-corrected chi connectivity index (χ3v) is 4.22. The highest BCUT2D eigenvalue weighted by Gasteiger charge is 2.08. The second-order valence-corrected chi connectivity index (χ2v) is 5.40. The van der Waals surface area contributed by atoms with Crippen molar-refractivity contribution in [1.82, 2.24) is 0 Å². The van der Waals surface area contributed by atoms with E-state index in [0.29, 0.717) is 39.6 Å². The molecule has 0 radical (unpaired) electrons. The Morgan fingerprint density at radius 2 is 0.550 bits per heavy atom. The predicted octanol–water partition coefficient (Wildman–Crippen LogP) is 4.65. The molecule has 124 valence electrons. The van der Waals surface area contributed by atoms with E-state index in [1.807, 2.05) is 41.5 Å². The van der Waals surface area contributed by atoms with Crippen LogP contribution in [-0.4, -0.2) is 39.6 Å². The van der Waals surface area contributed by atoms with E-state index in [2.05, 4.69) is 0 Å². The van der Waals surface area contributed by atoms with Gasteiger partial charge in [-0.25, -0.2) is 0 Å². The zero-order valence-corrected chi connectivity index (χ0v) is 15.4. The van der Waals surface area contributed by atoms with Crippen molar-refractivity contribution in [3.63, 3.8) is 0 Å². The minimum absolute atomic E-state index is 0.645. The second kappa shape index (κ2) is 19.6. The van der Waals surface area contributed by atoms with Crippen molar-refractivity contribution in [3.8, 4) is 0 Å². The van der Waals surface area contributed by atoms with Gasteiger partial charge in [-0.1, -0.05) is 0 Å². The Balaban J connectivity index is 0. The summed E-state index contributed by atoms with van der Waals surface area (Å²) < 4.78 is 30.9. The molecule has 0 bridgehead atoms. The minimum Gasteiger partial charge on any atom is -0.313 e. The van der Waals surface area contributed by atoms with Crippen LogP contribution in [-0.2, 0) is 27.1 Å². The van der Waals surface area contributed by atoms with Crippen molar-refractivity contribution in [2.75, 3.05) is 39.6 Å². The molecular weight excluding hydrogens is 302 g/mol. The van der Waals surface area contributed by atoms with Crippen LogP contribution in [0.5, 0.6) is 0 Å². The molecule has 0 rings (SSSR count). The van der Waals surface area contributed by atoms with Gasteiger partial charge < -0.3 is 27.1 Å². The monoisotopic (exact) mass is 332 g/mol. The number of rotatable bonds is 12. The van der Waals surface area contributed by atoms with Gasteiger partial charge in [-0.2, -0.15) is 0 Å². The summed E-state index contributed by atoms with van der Waals surface area (Å²) in [5, 5.41) is 0. The van der Waals surface area contributed by atoms with Crippen LogP contribution in [0, 0.1) is 0 Å². The third-order valence-electron chi connectivity index (χ3n) is 1.41. The van der Waals surface area contributed by atoms with E-state index in [-0.39, 0.29) is 0 Å². The smallest absolute Gasteiger partial charge is 0.313 e. The maximum absolute atomic E-state index is 5.14. The molecule has 0 aromatic rings. The standard InChI is InChI=1S/2C6H15O3P/c2*1-4-7-10(8-5-2)9-6-3/h2*4-6H2,1-3H3. The van der Waals surface area contributed by atoms with Gasteiger partial charge in [0.2, 0.25) is 0 Å². The zero-order chi connectivity index (χ0) is 15.6. The first kappa shape index (κ1) is 22.9. The largest absolute Gasteiger partial charge is 0.332 e. The molecule has 0 spiro atoms. The summed E-state index contributed by atoms with van der Waals surface area (Å²) in [6.45, 7) is 15.4. The van der Waals surface area contributed by atoms with Crippen LogP contribution in [0.3, 0.4) is 0 Å². The van der Waals surface area contributed by atoms with Gasteiger partial charge in [0.05, 0.1) is 39.6 Å². The zero-order valence-electron chi connectivity index (χ0n) is 13.6. The Morgan fingerprint density at radius 1 is 0.400 bits per heavy atom. The number of hydrogen-bond donors (Lipinski definition) is 0. The molecule has 8 heteroatoms. The molecule has 0 unspecified atom stereocenters. The van der Waals surface area contributed by atoms with Crippen molar-refractivity contribution in [2.24, 2.45) is 0 Å². The van der Waals surface area contributed by atoms with Crippen LogP contribution in [0.4, 0.5) is 0 Å². The van der Waals surface area contributed by atoms with Gasteiger partial charge in [-0.3, -0.25) is 0 Å². The summed E-state index contributed by atoms with van der Waals surface area (Å²) in [7, 11) is -2.12. The van der Waals surface area contributed by atoms with Crippen LogP contribution in [0.1, 0.15) is 41.5 Å². The first-order chi connectivity index (χ1) is 9.69. The van der Waals surface area contributed by atoms with Gasteiger partial charge >= 0.3 is 17.2 Å². The number of hydrogen-bond acceptors (Lipinski definition) is 6. The molecule has 0 aromatic carbocycles. The lowest BCUT2D eigenvalue weighted by molar-refractivity contribution is 0.175. The van der Waals surface area contributed by atoms with E-state index in [1.54, 1.807) is 0 Å². The SMILES string of the molecule is CCOP(OCC)OCC.CCOP(OCC)OCC. The summed E-state index contributed by atoms with van der Waals surface area (Å²) >= 11 is 0. The summed E-state index contributed by atoms with van der Waals surface area (Å²) in [6, 6.07) is 0. The molecule has 0 fully saturated rings. The molecule has 0 amide bonds. The topological polar surface area (TPSA) is 55.4 Å². The summed E-state index contributed by atoms with van der Waals surface area (Å²) in [5.74, 6) is 0. The van der Waals surface area contributed by atoms with Crippen LogP contribution < -0.4 is 0 Å². The molecule has 6 nitrogen and oxygen atoms in total. The normalized spacial score (nSPS) is 10.8. The van der Waals surface area contributed by atoms with Gasteiger partial charge in [-0.05, 0) is 41.5 Å². The van der Waals surface area contributed by atoms with E-state index < -0.39 is 17.2 Å². The van der Waals surface area contributed by atoms with Crippen molar-refractivity contribution in [3.05, 3.63) is 0 Å². The van der Waals surface area contributed by atoms with E-state index in [0.717, 1.165) is 0 Å². The molecule has 0 aromatic heterocycles. The van der Waals surface area contributed by atoms with Gasteiger partial charge in [0, 0.05) is 0 Å². The lowest BCUT2D eigenvalue weighted by Crippen LogP contribution is -1.94. The minimum atomic E-state index is -1.06. The Hall–Kier alpha value is 0.620. The van der Waals surface area contributed by atoms with E-state index >= 15 is 0 Å². The van der Waals surface area contributed by atoms with Crippen LogP contribution in [0.15, 0.2) is 0 Å². The van der Waals surface area contributed by atoms with Gasteiger partial charge in [0.15, 0.2) is 0 Å². The highest BCUT2D eigenvalue weighted by molar-refractivity contribution is 7.41. The molecule has 0 aliphatic rings. The average Bonchev–Trinajstić information content (AvgIpc) is 2.41. The molecular formula is C12H30O6P2. The van der Waals surface area contributed by atoms with Crippen molar-refractivity contribution in [2.45, 2.75) is 41.5 Å². The van der Waals surface area contributed by atoms with E-state index in [1.165, 1.54) is 0 Å². The molecule has 0 atom stereocenters. The van der Waals surface area contributed by atoms with Gasteiger partial charge in [0.25, 0.3) is 0 Å². The fourth-order valence-corrected chi connectivity index (χ4v) is 2.57. The molecule has 20 heavy (non-hydrogen) atoms. The molecule has 0 N–H and O–H groups in total. The fourth-order valence-electron chi connectivity index (χ4n) is 0.856. The van der Waals surface area contributed by atoms with Crippen LogP contribution in [0.2, 0.25) is 0 Å². The van der Waals surface area contributed by atoms with Gasteiger partial charge in [0.1, 0.15) is 0 Å². The second-order valence-electron chi connectivity index (χ2n) is 2.95. The molecule has 0 aliphatic heterocycles. The first-order valence-corrected chi connectivity index (χ1v) is 9.26. The highest BCUT2D eigenvalue weighted by atomic mass is 31.2. The lowest BCUT2D eigenvalue weighted by atomic mass is 10.9. The highest BCUT2D eigenvalue weighted by Crippen LogP contribution is 2.39. The van der Waals surface area contributed by atoms with Crippen LogP contribution in [0.25, 0.3) is 0 Å². The van der Waals surface area contributed by atoms with Crippen molar-refractivity contribution < 1.29 is 27.1 Å². The third kappa shape index (κ3) is 16.7. The van der Waals surface area contributed by atoms with Crippen LogP contribution >= 0.6 is 17.2 Å². The van der Waals surface area contributed by atoms with E-state index in [9.17, 15) is 0 Å². The summed E-state index contributed by atoms with van der Waals surface area (Å²) in [6.07, 6.45) is 0. The molecule has 0 saturated heterocycles. The Labute approximate surface area is 126 Å². The predicted molar refractivity (Wildman–Crippen MR) is 83.6 cm³/mol. The van der Waals surface area contributed by atoms with Gasteiger partial charge in [-0.15, -0.1) is 0 Å². The molecule has 0 saturated carbocycles. The first-order valence-electron chi connectivity index (χ1n) is 7.07. The fraction of sp³-hybridized carbons (Fsp3) is 1.00. The summed E-state index contributed by atoms with van der Waals surface area (Å²) in [5.41, 5.74) is 0. The van der Waals surface area contributed by atoms with E-state index in [4.69, 9.17) is 27.1 Å². The Kier molecular flexibility index (Phi) is 22.5. The molecule has 0 aliphatic carbocycles. The van der Waals surface area contributed by atoms with Crippen molar-refractivity contribution in [1.29, 1.82) is 0 Å². The molecule has 0 heterocycles. The average molecular weight is 332 g/mol. The maximum atomic E-state index is 5.14. The Morgan fingerprint density at radius 3 is 0.650 bits per heavy atom. The maximum Gasteiger partial charge on any atom is 0.332 e. The summed E-state index contributed by atoms with van der Waals surface area (Å²) in [4.78, 5) is 0.